The van der Waals surface area contributed by atoms with E-state index in [9.17, 15) is 4.79 Å². The van der Waals surface area contributed by atoms with Crippen molar-refractivity contribution in [2.75, 3.05) is 7.05 Å². The van der Waals surface area contributed by atoms with Gasteiger partial charge in [0.25, 0.3) is 0 Å². The summed E-state index contributed by atoms with van der Waals surface area (Å²) in [4.78, 5) is 11.4. The van der Waals surface area contributed by atoms with Gasteiger partial charge in [-0.2, -0.15) is 0 Å². The van der Waals surface area contributed by atoms with Gasteiger partial charge < -0.3 is 5.32 Å². The van der Waals surface area contributed by atoms with Gasteiger partial charge in [-0.15, -0.1) is 0 Å². The summed E-state index contributed by atoms with van der Waals surface area (Å²) < 4.78 is 0. The van der Waals surface area contributed by atoms with Crippen molar-refractivity contribution in [3.8, 4) is 0 Å². The molecule has 0 bridgehead atoms. The second-order valence-corrected chi connectivity index (χ2v) is 4.15. The Balaban J connectivity index is 2.69. The second kappa shape index (κ2) is 5.87. The average molecular weight is 241 g/mol. The summed E-state index contributed by atoms with van der Waals surface area (Å²) in [5.74, 6) is -0.0288. The van der Waals surface area contributed by atoms with Crippen LogP contribution in [0.1, 0.15) is 25.5 Å². The number of carbonyl (C=O) groups is 1. The number of nitrogens with one attached hydrogen (secondary N) is 2. The third-order valence-electron chi connectivity index (χ3n) is 2.51. The first kappa shape index (κ1) is 13.0. The molecule has 0 aromatic heterocycles. The second-order valence-electron chi connectivity index (χ2n) is 3.75. The van der Waals surface area contributed by atoms with E-state index < -0.39 is 0 Å². The molecule has 1 aromatic carbocycles. The number of hydrogen-bond acceptors (Lipinski definition) is 2. The summed E-state index contributed by atoms with van der Waals surface area (Å²) in [6, 6.07) is 7.43. The monoisotopic (exact) mass is 240 g/mol. The lowest BCUT2D eigenvalue weighted by Gasteiger charge is -2.20. The summed E-state index contributed by atoms with van der Waals surface area (Å²) in [5.41, 5.74) is 1.000. The minimum atomic E-state index is -0.240. The van der Waals surface area contributed by atoms with E-state index in [-0.39, 0.29) is 18.0 Å². The van der Waals surface area contributed by atoms with Gasteiger partial charge in [-0.05, 0) is 25.5 Å². The Morgan fingerprint density at radius 2 is 1.94 bits per heavy atom. The van der Waals surface area contributed by atoms with Crippen molar-refractivity contribution in [2.45, 2.75) is 25.9 Å². The van der Waals surface area contributed by atoms with Gasteiger partial charge in [0.05, 0.1) is 6.04 Å². The summed E-state index contributed by atoms with van der Waals surface area (Å²) >= 11 is 6.08. The topological polar surface area (TPSA) is 41.1 Å². The maximum Gasteiger partial charge on any atom is 0.236 e. The fourth-order valence-electron chi connectivity index (χ4n) is 1.58. The molecular weight excluding hydrogens is 224 g/mol. The summed E-state index contributed by atoms with van der Waals surface area (Å²) in [6.45, 7) is 3.81. The Morgan fingerprint density at radius 1 is 1.31 bits per heavy atom. The molecule has 2 N–H and O–H groups in total. The molecule has 0 unspecified atom stereocenters. The van der Waals surface area contributed by atoms with Crippen LogP contribution < -0.4 is 10.6 Å². The van der Waals surface area contributed by atoms with Crippen LogP contribution in [0.5, 0.6) is 0 Å². The fourth-order valence-corrected chi connectivity index (χ4v) is 1.88. The molecule has 0 heterocycles. The lowest BCUT2D eigenvalue weighted by atomic mass is 10.1. The van der Waals surface area contributed by atoms with Crippen molar-refractivity contribution in [3.05, 3.63) is 34.9 Å². The van der Waals surface area contributed by atoms with E-state index >= 15 is 0 Å². The van der Waals surface area contributed by atoms with E-state index in [1.807, 2.05) is 38.1 Å². The zero-order chi connectivity index (χ0) is 12.1. The SMILES string of the molecule is CNC(=O)[C@@H](C)N[C@H](C)c1ccccc1Cl. The highest BCUT2D eigenvalue weighted by Crippen LogP contribution is 2.22. The maximum atomic E-state index is 11.4. The number of carbonyl (C=O) groups excluding carboxylic acids is 1. The number of halogens is 1. The average Bonchev–Trinajstić information content (AvgIpc) is 2.28. The molecule has 0 saturated carbocycles. The highest BCUT2D eigenvalue weighted by molar-refractivity contribution is 6.31. The maximum absolute atomic E-state index is 11.4. The van der Waals surface area contributed by atoms with Crippen LogP contribution in [0.4, 0.5) is 0 Å². The van der Waals surface area contributed by atoms with Crippen molar-refractivity contribution in [1.82, 2.24) is 10.6 Å². The van der Waals surface area contributed by atoms with E-state index in [2.05, 4.69) is 10.6 Å². The normalized spacial score (nSPS) is 14.2. The Hall–Kier alpha value is -1.06. The van der Waals surface area contributed by atoms with Crippen LogP contribution in [0, 0.1) is 0 Å². The standard InChI is InChI=1S/C12H17ClN2O/c1-8(15-9(2)12(16)14-3)10-6-4-5-7-11(10)13/h4-9,15H,1-3H3,(H,14,16)/t8-,9-/m1/s1. The van der Waals surface area contributed by atoms with Crippen molar-refractivity contribution in [3.63, 3.8) is 0 Å². The van der Waals surface area contributed by atoms with Crippen molar-refractivity contribution in [1.29, 1.82) is 0 Å². The Labute approximate surface area is 101 Å². The lowest BCUT2D eigenvalue weighted by molar-refractivity contribution is -0.122. The first-order valence-corrected chi connectivity index (χ1v) is 5.66. The molecule has 1 rings (SSSR count). The van der Waals surface area contributed by atoms with Gasteiger partial charge in [0.1, 0.15) is 0 Å². The van der Waals surface area contributed by atoms with Gasteiger partial charge >= 0.3 is 0 Å². The molecule has 2 atom stereocenters. The fraction of sp³-hybridized carbons (Fsp3) is 0.417. The summed E-state index contributed by atoms with van der Waals surface area (Å²) in [7, 11) is 1.63. The molecule has 88 valence electrons. The van der Waals surface area contributed by atoms with Crippen LogP contribution in [-0.2, 0) is 4.79 Å². The van der Waals surface area contributed by atoms with Gasteiger partial charge in [-0.1, -0.05) is 29.8 Å². The van der Waals surface area contributed by atoms with E-state index in [0.29, 0.717) is 5.02 Å². The highest BCUT2D eigenvalue weighted by atomic mass is 35.5. The summed E-state index contributed by atoms with van der Waals surface area (Å²) in [5, 5.41) is 6.51. The van der Waals surface area contributed by atoms with Gasteiger partial charge in [-0.3, -0.25) is 10.1 Å². The summed E-state index contributed by atoms with van der Waals surface area (Å²) in [6.07, 6.45) is 0. The van der Waals surface area contributed by atoms with Gasteiger partial charge in [0.2, 0.25) is 5.91 Å². The van der Waals surface area contributed by atoms with Crippen LogP contribution in [0.15, 0.2) is 24.3 Å². The van der Waals surface area contributed by atoms with Crippen molar-refractivity contribution >= 4 is 17.5 Å². The quantitative estimate of drug-likeness (QED) is 0.847. The van der Waals surface area contributed by atoms with E-state index in [1.54, 1.807) is 7.05 Å². The zero-order valence-electron chi connectivity index (χ0n) is 9.75. The first-order valence-electron chi connectivity index (χ1n) is 5.28. The molecule has 0 aliphatic carbocycles. The molecule has 0 aliphatic heterocycles. The first-order chi connectivity index (χ1) is 7.56. The molecule has 0 aliphatic rings. The highest BCUT2D eigenvalue weighted by Gasteiger charge is 2.16. The van der Waals surface area contributed by atoms with Gasteiger partial charge in [-0.25, -0.2) is 0 Å². The number of amides is 1. The Bertz CT molecular complexity index is 368. The predicted octanol–water partition coefficient (Wildman–Crippen LogP) is 2.13. The Kier molecular flexibility index (Phi) is 4.77. The van der Waals surface area contributed by atoms with Crippen LogP contribution in [0.25, 0.3) is 0 Å². The zero-order valence-corrected chi connectivity index (χ0v) is 10.5. The van der Waals surface area contributed by atoms with Crippen molar-refractivity contribution in [2.24, 2.45) is 0 Å². The van der Waals surface area contributed by atoms with E-state index in [0.717, 1.165) is 5.56 Å². The number of hydrogen-bond donors (Lipinski definition) is 2. The third-order valence-corrected chi connectivity index (χ3v) is 2.86. The molecular formula is C12H17ClN2O. The predicted molar refractivity (Wildman–Crippen MR) is 66.5 cm³/mol. The molecule has 4 heteroatoms. The van der Waals surface area contributed by atoms with Crippen LogP contribution >= 0.6 is 11.6 Å². The molecule has 1 aromatic rings. The molecule has 1 amide bonds. The largest absolute Gasteiger partial charge is 0.358 e. The molecule has 3 nitrogen and oxygen atoms in total. The molecule has 16 heavy (non-hydrogen) atoms. The molecule has 0 radical (unpaired) electrons. The molecule has 0 fully saturated rings. The molecule has 0 saturated heterocycles. The lowest BCUT2D eigenvalue weighted by Crippen LogP contribution is -2.41. The van der Waals surface area contributed by atoms with Crippen LogP contribution in [0.3, 0.4) is 0 Å². The van der Waals surface area contributed by atoms with E-state index in [1.165, 1.54) is 0 Å². The Morgan fingerprint density at radius 3 is 2.50 bits per heavy atom. The minimum Gasteiger partial charge on any atom is -0.358 e. The van der Waals surface area contributed by atoms with Crippen LogP contribution in [-0.4, -0.2) is 19.0 Å². The van der Waals surface area contributed by atoms with Crippen LogP contribution in [0.2, 0.25) is 5.02 Å². The van der Waals surface area contributed by atoms with Gasteiger partial charge in [0.15, 0.2) is 0 Å². The number of benzene rings is 1. The van der Waals surface area contributed by atoms with Crippen molar-refractivity contribution < 1.29 is 4.79 Å². The van der Waals surface area contributed by atoms with E-state index in [4.69, 9.17) is 11.6 Å². The number of likely N-dealkylation sites (N-methyl/N-ethyl adjacent to an activating group) is 1. The smallest absolute Gasteiger partial charge is 0.236 e. The third kappa shape index (κ3) is 3.22. The minimum absolute atomic E-state index is 0.0288. The van der Waals surface area contributed by atoms with Gasteiger partial charge in [0, 0.05) is 18.1 Å². The molecule has 0 spiro atoms. The number of rotatable bonds is 4.